The molecule has 0 saturated carbocycles. The van der Waals surface area contributed by atoms with E-state index in [2.05, 4.69) is 19.9 Å². The van der Waals surface area contributed by atoms with E-state index >= 15 is 0 Å². The molecule has 20 heavy (non-hydrogen) atoms. The number of nitrogens with two attached hydrogens (primary N) is 1. The Labute approximate surface area is 112 Å². The van der Waals surface area contributed by atoms with Crippen molar-refractivity contribution in [3.63, 3.8) is 0 Å². The van der Waals surface area contributed by atoms with E-state index in [0.29, 0.717) is 12.4 Å². The summed E-state index contributed by atoms with van der Waals surface area (Å²) in [6, 6.07) is 7.72. The lowest BCUT2D eigenvalue weighted by molar-refractivity contribution is 0.969. The van der Waals surface area contributed by atoms with Crippen molar-refractivity contribution in [3.8, 4) is 11.4 Å². The van der Waals surface area contributed by atoms with E-state index in [4.69, 9.17) is 5.73 Å². The third kappa shape index (κ3) is 2.14. The number of aromatic amines is 3. The van der Waals surface area contributed by atoms with E-state index in [1.54, 1.807) is 0 Å². The summed E-state index contributed by atoms with van der Waals surface area (Å²) in [5.41, 5.74) is 6.92. The van der Waals surface area contributed by atoms with Crippen LogP contribution in [0.4, 0.5) is 0 Å². The van der Waals surface area contributed by atoms with Gasteiger partial charge in [-0.3, -0.25) is 14.8 Å². The first-order valence-corrected chi connectivity index (χ1v) is 6.19. The van der Waals surface area contributed by atoms with E-state index < -0.39 is 11.2 Å². The van der Waals surface area contributed by atoms with Crippen molar-refractivity contribution < 1.29 is 0 Å². The van der Waals surface area contributed by atoms with Gasteiger partial charge in [-0.05, 0) is 18.5 Å². The van der Waals surface area contributed by atoms with Crippen LogP contribution in [-0.2, 0) is 6.42 Å². The number of nitrogens with zero attached hydrogens (tertiary/aromatic N) is 1. The van der Waals surface area contributed by atoms with Crippen LogP contribution in [0, 0.1) is 0 Å². The highest BCUT2D eigenvalue weighted by molar-refractivity contribution is 5.74. The summed E-state index contributed by atoms with van der Waals surface area (Å²) >= 11 is 0. The number of hydrogen-bond acceptors (Lipinski definition) is 4. The number of aromatic nitrogens is 4. The first-order valence-electron chi connectivity index (χ1n) is 6.19. The molecule has 102 valence electrons. The average molecular weight is 271 g/mol. The van der Waals surface area contributed by atoms with E-state index in [9.17, 15) is 9.59 Å². The maximum atomic E-state index is 11.6. The highest BCUT2D eigenvalue weighted by Crippen LogP contribution is 2.18. The fraction of sp³-hybridized carbons (Fsp3) is 0.154. The molecule has 0 saturated heterocycles. The Morgan fingerprint density at radius 2 is 1.80 bits per heavy atom. The van der Waals surface area contributed by atoms with Crippen LogP contribution >= 0.6 is 0 Å². The van der Waals surface area contributed by atoms with Gasteiger partial charge in [0.25, 0.3) is 5.56 Å². The molecule has 0 aliphatic rings. The number of imidazole rings is 1. The van der Waals surface area contributed by atoms with Gasteiger partial charge in [0.15, 0.2) is 5.65 Å². The average Bonchev–Trinajstić information content (AvgIpc) is 2.84. The minimum atomic E-state index is -0.571. The van der Waals surface area contributed by atoms with Crippen molar-refractivity contribution in [2.24, 2.45) is 5.73 Å². The van der Waals surface area contributed by atoms with Gasteiger partial charge in [-0.1, -0.05) is 24.3 Å². The van der Waals surface area contributed by atoms with Gasteiger partial charge in [-0.25, -0.2) is 9.78 Å². The maximum absolute atomic E-state index is 11.6. The SMILES string of the molecule is NCCc1ccc(-c2nc3[nH]c(=O)[nH]c(=O)c3[nH]2)cc1. The largest absolute Gasteiger partial charge is 0.332 e. The molecule has 0 amide bonds. The molecule has 0 unspecified atom stereocenters. The smallest absolute Gasteiger partial charge is 0.327 e. The van der Waals surface area contributed by atoms with Crippen LogP contribution in [0.2, 0.25) is 0 Å². The molecule has 0 fully saturated rings. The molecule has 3 aromatic rings. The highest BCUT2D eigenvalue weighted by Gasteiger charge is 2.09. The van der Waals surface area contributed by atoms with Crippen molar-refractivity contribution in [1.82, 2.24) is 19.9 Å². The van der Waals surface area contributed by atoms with Gasteiger partial charge in [-0.2, -0.15) is 0 Å². The summed E-state index contributed by atoms with van der Waals surface area (Å²) in [5, 5.41) is 0. The van der Waals surface area contributed by atoms with Crippen LogP contribution in [0.15, 0.2) is 33.9 Å². The number of nitrogens with one attached hydrogen (secondary N) is 3. The van der Waals surface area contributed by atoms with E-state index in [1.165, 1.54) is 0 Å². The minimum Gasteiger partial charge on any atom is -0.332 e. The molecular formula is C13H13N5O2. The zero-order valence-electron chi connectivity index (χ0n) is 10.6. The van der Waals surface area contributed by atoms with Gasteiger partial charge in [0.2, 0.25) is 0 Å². The molecule has 2 heterocycles. The number of benzene rings is 1. The lowest BCUT2D eigenvalue weighted by Gasteiger charge is -2.00. The second kappa shape index (κ2) is 4.78. The van der Waals surface area contributed by atoms with E-state index in [0.717, 1.165) is 17.5 Å². The van der Waals surface area contributed by atoms with Crippen molar-refractivity contribution in [1.29, 1.82) is 0 Å². The molecule has 1 aromatic carbocycles. The second-order valence-electron chi connectivity index (χ2n) is 4.45. The van der Waals surface area contributed by atoms with Crippen molar-refractivity contribution in [3.05, 3.63) is 50.7 Å². The van der Waals surface area contributed by atoms with Crippen molar-refractivity contribution in [2.75, 3.05) is 6.54 Å². The fourth-order valence-electron chi connectivity index (χ4n) is 2.07. The van der Waals surface area contributed by atoms with Crippen LogP contribution in [0.1, 0.15) is 5.56 Å². The summed E-state index contributed by atoms with van der Waals surface area (Å²) in [5.74, 6) is 0.534. The second-order valence-corrected chi connectivity index (χ2v) is 4.45. The normalized spacial score (nSPS) is 11.1. The van der Waals surface area contributed by atoms with Crippen LogP contribution in [-0.4, -0.2) is 26.5 Å². The summed E-state index contributed by atoms with van der Waals surface area (Å²) in [6.07, 6.45) is 0.813. The van der Waals surface area contributed by atoms with Crippen molar-refractivity contribution >= 4 is 11.2 Å². The summed E-state index contributed by atoms with van der Waals surface area (Å²) in [7, 11) is 0. The van der Waals surface area contributed by atoms with Crippen LogP contribution in [0.25, 0.3) is 22.6 Å². The summed E-state index contributed by atoms with van der Waals surface area (Å²) in [6.45, 7) is 0.598. The Morgan fingerprint density at radius 3 is 2.50 bits per heavy atom. The third-order valence-corrected chi connectivity index (χ3v) is 3.05. The molecule has 7 heteroatoms. The van der Waals surface area contributed by atoms with Gasteiger partial charge in [0.1, 0.15) is 11.3 Å². The quantitative estimate of drug-likeness (QED) is 0.540. The van der Waals surface area contributed by atoms with Gasteiger partial charge in [0.05, 0.1) is 0 Å². The fourth-order valence-corrected chi connectivity index (χ4v) is 2.07. The minimum absolute atomic E-state index is 0.250. The van der Waals surface area contributed by atoms with Crippen LogP contribution in [0.5, 0.6) is 0 Å². The topological polar surface area (TPSA) is 120 Å². The van der Waals surface area contributed by atoms with Crippen LogP contribution in [0.3, 0.4) is 0 Å². The standard InChI is InChI=1S/C13H13N5O2/c14-6-5-7-1-3-8(4-2-7)10-15-9-11(16-10)17-13(20)18-12(9)19/h1-4H,5-6,14H2,(H3,15,16,17,18,19,20). The highest BCUT2D eigenvalue weighted by atomic mass is 16.2. The molecule has 2 aromatic heterocycles. The van der Waals surface area contributed by atoms with Crippen molar-refractivity contribution in [2.45, 2.75) is 6.42 Å². The molecule has 0 radical (unpaired) electrons. The Balaban J connectivity index is 2.08. The Bertz CT molecular complexity index is 857. The maximum Gasteiger partial charge on any atom is 0.327 e. The molecule has 7 nitrogen and oxygen atoms in total. The Hall–Kier alpha value is -2.67. The first kappa shape index (κ1) is 12.4. The molecule has 0 aliphatic heterocycles. The Morgan fingerprint density at radius 1 is 1.05 bits per heavy atom. The lowest BCUT2D eigenvalue weighted by atomic mass is 10.1. The molecule has 0 aliphatic carbocycles. The number of rotatable bonds is 3. The molecular weight excluding hydrogens is 258 g/mol. The molecule has 5 N–H and O–H groups in total. The molecule has 0 atom stereocenters. The Kier molecular flexibility index (Phi) is 2.96. The zero-order chi connectivity index (χ0) is 14.1. The predicted octanol–water partition coefficient (Wildman–Crippen LogP) is 0.108. The number of hydrogen-bond donors (Lipinski definition) is 4. The zero-order valence-corrected chi connectivity index (χ0v) is 10.6. The molecule has 0 bridgehead atoms. The lowest BCUT2D eigenvalue weighted by Crippen LogP contribution is -2.21. The van der Waals surface area contributed by atoms with Gasteiger partial charge < -0.3 is 10.7 Å². The third-order valence-electron chi connectivity index (χ3n) is 3.05. The van der Waals surface area contributed by atoms with Gasteiger partial charge >= 0.3 is 5.69 Å². The summed E-state index contributed by atoms with van der Waals surface area (Å²) in [4.78, 5) is 34.6. The molecule has 3 rings (SSSR count). The predicted molar refractivity (Wildman–Crippen MR) is 75.5 cm³/mol. The monoisotopic (exact) mass is 271 g/mol. The first-order chi connectivity index (χ1) is 9.67. The van der Waals surface area contributed by atoms with Gasteiger partial charge in [-0.15, -0.1) is 0 Å². The van der Waals surface area contributed by atoms with E-state index in [1.807, 2.05) is 24.3 Å². The van der Waals surface area contributed by atoms with E-state index in [-0.39, 0.29) is 11.2 Å². The molecule has 0 spiro atoms. The van der Waals surface area contributed by atoms with Gasteiger partial charge in [0, 0.05) is 5.56 Å². The number of fused-ring (bicyclic) bond motifs is 1. The van der Waals surface area contributed by atoms with Crippen LogP contribution < -0.4 is 17.0 Å². The number of H-pyrrole nitrogens is 3. The summed E-state index contributed by atoms with van der Waals surface area (Å²) < 4.78 is 0.